The molecule has 0 fully saturated rings. The molecule has 0 atom stereocenters. The van der Waals surface area contributed by atoms with E-state index in [1.54, 1.807) is 12.1 Å². The summed E-state index contributed by atoms with van der Waals surface area (Å²) in [6.45, 7) is 1.39. The highest BCUT2D eigenvalue weighted by Crippen LogP contribution is 2.10. The van der Waals surface area contributed by atoms with Crippen LogP contribution in [-0.2, 0) is 0 Å². The molecular formula is C9H12ClFNO-. The van der Waals surface area contributed by atoms with Crippen LogP contribution in [0, 0.1) is 5.82 Å². The maximum atomic E-state index is 12.4. The van der Waals surface area contributed by atoms with Gasteiger partial charge < -0.3 is 22.5 Å². The van der Waals surface area contributed by atoms with E-state index in [0.717, 1.165) is 6.54 Å². The molecule has 4 heteroatoms. The highest BCUT2D eigenvalue weighted by Gasteiger charge is 1.92. The summed E-state index contributed by atoms with van der Waals surface area (Å²) in [4.78, 5) is 0. The number of nitrogens with one attached hydrogen (secondary N) is 1. The van der Waals surface area contributed by atoms with E-state index in [0.29, 0.717) is 12.4 Å². The summed E-state index contributed by atoms with van der Waals surface area (Å²) < 4.78 is 17.7. The number of likely N-dealkylation sites (N-methyl/N-ethyl adjacent to an activating group) is 1. The first kappa shape index (κ1) is 12.2. The molecule has 0 amide bonds. The lowest BCUT2D eigenvalue weighted by atomic mass is 10.3. The third-order valence-corrected chi connectivity index (χ3v) is 1.43. The molecule has 1 aromatic carbocycles. The molecule has 2 nitrogen and oxygen atoms in total. The molecule has 0 aliphatic carbocycles. The summed E-state index contributed by atoms with van der Waals surface area (Å²) in [7, 11) is 1.86. The molecule has 0 aliphatic rings. The number of hydrogen-bond acceptors (Lipinski definition) is 2. The minimum Gasteiger partial charge on any atom is -1.00 e. The lowest BCUT2D eigenvalue weighted by Gasteiger charge is -2.04. The SMILES string of the molecule is CNCCOc1ccc(F)cc1.[Cl-]. The summed E-state index contributed by atoms with van der Waals surface area (Å²) in [6.07, 6.45) is 0. The van der Waals surface area contributed by atoms with E-state index < -0.39 is 0 Å². The second-order valence-electron chi connectivity index (χ2n) is 2.41. The van der Waals surface area contributed by atoms with Gasteiger partial charge in [-0.15, -0.1) is 0 Å². The molecule has 1 N–H and O–H groups in total. The number of benzene rings is 1. The maximum absolute atomic E-state index is 12.4. The van der Waals surface area contributed by atoms with Gasteiger partial charge in [0.1, 0.15) is 18.2 Å². The Morgan fingerprint density at radius 3 is 2.46 bits per heavy atom. The van der Waals surface area contributed by atoms with Crippen molar-refractivity contribution in [1.82, 2.24) is 5.32 Å². The summed E-state index contributed by atoms with van der Waals surface area (Å²) in [5, 5.41) is 2.95. The topological polar surface area (TPSA) is 21.3 Å². The van der Waals surface area contributed by atoms with Gasteiger partial charge in [0, 0.05) is 6.54 Å². The van der Waals surface area contributed by atoms with Gasteiger partial charge >= 0.3 is 0 Å². The van der Waals surface area contributed by atoms with Crippen molar-refractivity contribution in [2.45, 2.75) is 0 Å². The van der Waals surface area contributed by atoms with Crippen LogP contribution in [0.3, 0.4) is 0 Å². The first-order chi connectivity index (χ1) is 5.83. The molecule has 13 heavy (non-hydrogen) atoms. The number of rotatable bonds is 4. The van der Waals surface area contributed by atoms with Crippen LogP contribution < -0.4 is 22.5 Å². The smallest absolute Gasteiger partial charge is 0.123 e. The van der Waals surface area contributed by atoms with Crippen LogP contribution in [-0.4, -0.2) is 20.2 Å². The van der Waals surface area contributed by atoms with Crippen LogP contribution in [0.5, 0.6) is 5.75 Å². The third-order valence-electron chi connectivity index (χ3n) is 1.43. The minimum absolute atomic E-state index is 0. The van der Waals surface area contributed by atoms with Crippen molar-refractivity contribution >= 4 is 0 Å². The summed E-state index contributed by atoms with van der Waals surface area (Å²) in [5.74, 6) is 0.461. The summed E-state index contributed by atoms with van der Waals surface area (Å²) in [5.41, 5.74) is 0. The van der Waals surface area contributed by atoms with Gasteiger partial charge in [-0.25, -0.2) is 4.39 Å². The van der Waals surface area contributed by atoms with Gasteiger partial charge in [0.25, 0.3) is 0 Å². The van der Waals surface area contributed by atoms with Crippen LogP contribution in [0.2, 0.25) is 0 Å². The Kier molecular flexibility index (Phi) is 6.28. The Hall–Kier alpha value is -0.800. The molecule has 1 aromatic rings. The zero-order valence-corrected chi connectivity index (χ0v) is 8.14. The second-order valence-corrected chi connectivity index (χ2v) is 2.41. The summed E-state index contributed by atoms with van der Waals surface area (Å²) >= 11 is 0. The first-order valence-corrected chi connectivity index (χ1v) is 3.86. The first-order valence-electron chi connectivity index (χ1n) is 3.86. The van der Waals surface area contributed by atoms with Gasteiger partial charge in [-0.05, 0) is 31.3 Å². The average Bonchev–Trinajstić information content (AvgIpc) is 2.09. The Balaban J connectivity index is 0.00000144. The maximum Gasteiger partial charge on any atom is 0.123 e. The van der Waals surface area contributed by atoms with Gasteiger partial charge in [0.15, 0.2) is 0 Å². The minimum atomic E-state index is -0.240. The van der Waals surface area contributed by atoms with Crippen molar-refractivity contribution in [2.24, 2.45) is 0 Å². The quantitative estimate of drug-likeness (QED) is 0.599. The fraction of sp³-hybridized carbons (Fsp3) is 0.333. The van der Waals surface area contributed by atoms with Crippen LogP contribution >= 0.6 is 0 Å². The average molecular weight is 205 g/mol. The van der Waals surface area contributed by atoms with E-state index in [1.807, 2.05) is 7.05 Å². The molecule has 0 bridgehead atoms. The van der Waals surface area contributed by atoms with Gasteiger partial charge in [0.2, 0.25) is 0 Å². The van der Waals surface area contributed by atoms with E-state index in [1.165, 1.54) is 12.1 Å². The number of halogens is 2. The van der Waals surface area contributed by atoms with Crippen LogP contribution in [0.25, 0.3) is 0 Å². The Morgan fingerprint density at radius 1 is 1.31 bits per heavy atom. The molecule has 0 saturated carbocycles. The monoisotopic (exact) mass is 204 g/mol. The Labute approximate surface area is 83.5 Å². The lowest BCUT2D eigenvalue weighted by molar-refractivity contribution is -0.00000358. The Morgan fingerprint density at radius 2 is 1.92 bits per heavy atom. The molecule has 0 radical (unpaired) electrons. The molecular weight excluding hydrogens is 193 g/mol. The fourth-order valence-electron chi connectivity index (χ4n) is 0.802. The molecule has 1 rings (SSSR count). The van der Waals surface area contributed by atoms with Gasteiger partial charge in [-0.3, -0.25) is 0 Å². The van der Waals surface area contributed by atoms with Gasteiger partial charge in [-0.1, -0.05) is 0 Å². The van der Waals surface area contributed by atoms with Gasteiger partial charge in [-0.2, -0.15) is 0 Å². The summed E-state index contributed by atoms with van der Waals surface area (Å²) in [6, 6.07) is 6.00. The molecule has 0 unspecified atom stereocenters. The fourth-order valence-corrected chi connectivity index (χ4v) is 0.802. The van der Waals surface area contributed by atoms with Crippen molar-refractivity contribution < 1.29 is 21.5 Å². The van der Waals surface area contributed by atoms with E-state index >= 15 is 0 Å². The lowest BCUT2D eigenvalue weighted by Crippen LogP contribution is -3.00. The van der Waals surface area contributed by atoms with Crippen molar-refractivity contribution in [1.29, 1.82) is 0 Å². The standard InChI is InChI=1S/C9H12FNO.ClH/c1-11-6-7-12-9-4-2-8(10)3-5-9;/h2-5,11H,6-7H2,1H3;1H/p-1. The van der Waals surface area contributed by atoms with Crippen LogP contribution in [0.1, 0.15) is 0 Å². The second kappa shape index (κ2) is 6.69. The van der Waals surface area contributed by atoms with Crippen LogP contribution in [0.15, 0.2) is 24.3 Å². The zero-order chi connectivity index (χ0) is 8.81. The largest absolute Gasteiger partial charge is 1.00 e. The van der Waals surface area contributed by atoms with Crippen molar-refractivity contribution in [3.63, 3.8) is 0 Å². The Bertz CT molecular complexity index is 228. The van der Waals surface area contributed by atoms with E-state index in [2.05, 4.69) is 5.32 Å². The predicted molar refractivity (Wildman–Crippen MR) is 45.8 cm³/mol. The van der Waals surface area contributed by atoms with Crippen LogP contribution in [0.4, 0.5) is 4.39 Å². The molecule has 0 saturated heterocycles. The highest BCUT2D eigenvalue weighted by molar-refractivity contribution is 5.21. The molecule has 74 valence electrons. The van der Waals surface area contributed by atoms with E-state index in [-0.39, 0.29) is 18.2 Å². The predicted octanol–water partition coefficient (Wildman–Crippen LogP) is -1.57. The molecule has 0 spiro atoms. The normalized spacial score (nSPS) is 9.08. The molecule has 0 aromatic heterocycles. The zero-order valence-electron chi connectivity index (χ0n) is 7.39. The molecule has 0 aliphatic heterocycles. The number of ether oxygens (including phenoxy) is 1. The van der Waals surface area contributed by atoms with E-state index in [4.69, 9.17) is 4.74 Å². The molecule has 0 heterocycles. The highest BCUT2D eigenvalue weighted by atomic mass is 35.5. The number of hydrogen-bond donors (Lipinski definition) is 1. The van der Waals surface area contributed by atoms with Crippen molar-refractivity contribution in [3.05, 3.63) is 30.1 Å². The third kappa shape index (κ3) is 4.70. The van der Waals surface area contributed by atoms with E-state index in [9.17, 15) is 4.39 Å². The van der Waals surface area contributed by atoms with Gasteiger partial charge in [0.05, 0.1) is 0 Å². The van der Waals surface area contributed by atoms with Crippen molar-refractivity contribution in [2.75, 3.05) is 20.2 Å². The van der Waals surface area contributed by atoms with Crippen molar-refractivity contribution in [3.8, 4) is 5.75 Å².